The van der Waals surface area contributed by atoms with Gasteiger partial charge in [-0.15, -0.1) is 0 Å². The summed E-state index contributed by atoms with van der Waals surface area (Å²) in [7, 11) is 1.88. The molecule has 0 spiro atoms. The maximum atomic E-state index is 12.7. The quantitative estimate of drug-likeness (QED) is 0.877. The van der Waals surface area contributed by atoms with E-state index in [1.807, 2.05) is 14.0 Å². The van der Waals surface area contributed by atoms with Crippen molar-refractivity contribution in [3.63, 3.8) is 0 Å². The smallest absolute Gasteiger partial charge is 0.239 e. The van der Waals surface area contributed by atoms with Gasteiger partial charge in [-0.05, 0) is 38.6 Å². The zero-order chi connectivity index (χ0) is 17.3. The van der Waals surface area contributed by atoms with Crippen LogP contribution in [0.25, 0.3) is 0 Å². The number of hydrogen-bond donors (Lipinski definition) is 1. The Kier molecular flexibility index (Phi) is 5.08. The van der Waals surface area contributed by atoms with Gasteiger partial charge < -0.3 is 14.7 Å². The summed E-state index contributed by atoms with van der Waals surface area (Å²) >= 11 is 12.0. The summed E-state index contributed by atoms with van der Waals surface area (Å²) in [5.74, 6) is 0.504. The summed E-state index contributed by atoms with van der Waals surface area (Å²) in [4.78, 5) is 18.8. The molecule has 2 heterocycles. The van der Waals surface area contributed by atoms with Crippen LogP contribution in [0.5, 0.6) is 0 Å². The van der Waals surface area contributed by atoms with Crippen LogP contribution in [0.4, 0.5) is 5.69 Å². The van der Waals surface area contributed by atoms with E-state index in [0.29, 0.717) is 41.1 Å². The SMILES string of the molecule is CNC(C)Cc1noc(C2CCN(c3ccc(Cl)c(Cl)c3)C2=O)n1. The summed E-state index contributed by atoms with van der Waals surface area (Å²) in [6, 6.07) is 5.40. The molecule has 1 fully saturated rings. The highest BCUT2D eigenvalue weighted by molar-refractivity contribution is 6.42. The number of carbonyl (C=O) groups is 1. The minimum atomic E-state index is -0.411. The lowest BCUT2D eigenvalue weighted by molar-refractivity contribution is -0.118. The van der Waals surface area contributed by atoms with Crippen LogP contribution >= 0.6 is 23.2 Å². The third kappa shape index (κ3) is 3.41. The number of hydrogen-bond acceptors (Lipinski definition) is 5. The van der Waals surface area contributed by atoms with Crippen molar-refractivity contribution >= 4 is 34.8 Å². The summed E-state index contributed by atoms with van der Waals surface area (Å²) in [6.07, 6.45) is 1.28. The molecule has 1 saturated heterocycles. The molecule has 0 bridgehead atoms. The molecule has 3 rings (SSSR count). The lowest BCUT2D eigenvalue weighted by Gasteiger charge is -2.16. The topological polar surface area (TPSA) is 71.3 Å². The highest BCUT2D eigenvalue weighted by Gasteiger charge is 2.37. The van der Waals surface area contributed by atoms with E-state index < -0.39 is 5.92 Å². The van der Waals surface area contributed by atoms with Gasteiger partial charge in [0.25, 0.3) is 0 Å². The van der Waals surface area contributed by atoms with E-state index >= 15 is 0 Å². The van der Waals surface area contributed by atoms with Crippen molar-refractivity contribution in [1.82, 2.24) is 15.5 Å². The van der Waals surface area contributed by atoms with Gasteiger partial charge in [0.1, 0.15) is 5.92 Å². The van der Waals surface area contributed by atoms with E-state index in [1.54, 1.807) is 23.1 Å². The van der Waals surface area contributed by atoms with Crippen LogP contribution in [-0.2, 0) is 11.2 Å². The first-order chi connectivity index (χ1) is 11.5. The fraction of sp³-hybridized carbons (Fsp3) is 0.438. The van der Waals surface area contributed by atoms with Crippen molar-refractivity contribution in [1.29, 1.82) is 0 Å². The lowest BCUT2D eigenvalue weighted by Crippen LogP contribution is -2.26. The standard InChI is InChI=1S/C16H18Cl2N4O2/c1-9(19-2)7-14-20-15(24-21-14)11-5-6-22(16(11)23)10-3-4-12(17)13(18)8-10/h3-4,8-9,11,19H,5-7H2,1-2H3. The van der Waals surface area contributed by atoms with Gasteiger partial charge in [0.2, 0.25) is 11.8 Å². The fourth-order valence-electron chi connectivity index (χ4n) is 2.69. The number of aromatic nitrogens is 2. The van der Waals surface area contributed by atoms with Gasteiger partial charge in [-0.2, -0.15) is 4.98 Å². The van der Waals surface area contributed by atoms with E-state index in [-0.39, 0.29) is 11.9 Å². The molecule has 1 N–H and O–H groups in total. The zero-order valence-corrected chi connectivity index (χ0v) is 14.9. The molecule has 1 aliphatic rings. The number of likely N-dealkylation sites (N-methyl/N-ethyl adjacent to an activating group) is 1. The monoisotopic (exact) mass is 368 g/mol. The molecule has 1 amide bonds. The second kappa shape index (κ2) is 7.09. The summed E-state index contributed by atoms with van der Waals surface area (Å²) in [5, 5.41) is 7.98. The van der Waals surface area contributed by atoms with Gasteiger partial charge in [-0.3, -0.25) is 4.79 Å². The number of rotatable bonds is 5. The molecule has 2 unspecified atom stereocenters. The van der Waals surface area contributed by atoms with E-state index in [4.69, 9.17) is 27.7 Å². The maximum Gasteiger partial charge on any atom is 0.239 e. The van der Waals surface area contributed by atoms with Gasteiger partial charge in [-0.25, -0.2) is 0 Å². The van der Waals surface area contributed by atoms with Gasteiger partial charge in [0.05, 0.1) is 10.0 Å². The Morgan fingerprint density at radius 1 is 1.42 bits per heavy atom. The number of benzene rings is 1. The molecular weight excluding hydrogens is 351 g/mol. The van der Waals surface area contributed by atoms with Crippen LogP contribution in [0.15, 0.2) is 22.7 Å². The minimum absolute atomic E-state index is 0.0646. The molecule has 1 aromatic carbocycles. The van der Waals surface area contributed by atoms with Gasteiger partial charge in [0.15, 0.2) is 5.82 Å². The van der Waals surface area contributed by atoms with E-state index in [0.717, 1.165) is 5.69 Å². The summed E-state index contributed by atoms with van der Waals surface area (Å²) in [6.45, 7) is 2.61. The molecule has 6 nitrogen and oxygen atoms in total. The molecule has 1 aromatic heterocycles. The molecule has 24 heavy (non-hydrogen) atoms. The van der Waals surface area contributed by atoms with Crippen LogP contribution in [0.3, 0.4) is 0 Å². The first kappa shape index (κ1) is 17.2. The number of amides is 1. The van der Waals surface area contributed by atoms with E-state index in [1.165, 1.54) is 0 Å². The summed E-state index contributed by atoms with van der Waals surface area (Å²) in [5.41, 5.74) is 0.723. The zero-order valence-electron chi connectivity index (χ0n) is 13.4. The average molecular weight is 369 g/mol. The Balaban J connectivity index is 1.75. The lowest BCUT2D eigenvalue weighted by atomic mass is 10.1. The second-order valence-corrected chi connectivity index (χ2v) is 6.69. The number of halogens is 2. The van der Waals surface area contributed by atoms with Crippen LogP contribution in [-0.4, -0.2) is 35.7 Å². The van der Waals surface area contributed by atoms with Crippen LogP contribution in [0.2, 0.25) is 10.0 Å². The van der Waals surface area contributed by atoms with Crippen molar-refractivity contribution < 1.29 is 9.32 Å². The Bertz CT molecular complexity index is 749. The number of carbonyl (C=O) groups excluding carboxylic acids is 1. The number of nitrogens with zero attached hydrogens (tertiary/aromatic N) is 3. The third-order valence-corrected chi connectivity index (χ3v) is 4.92. The predicted molar refractivity (Wildman–Crippen MR) is 92.7 cm³/mol. The van der Waals surface area contributed by atoms with Crippen molar-refractivity contribution in [2.45, 2.75) is 31.7 Å². The largest absolute Gasteiger partial charge is 0.338 e. The maximum absolute atomic E-state index is 12.7. The Hall–Kier alpha value is -1.63. The molecule has 128 valence electrons. The van der Waals surface area contributed by atoms with Crippen molar-refractivity contribution in [3.05, 3.63) is 40.0 Å². The average Bonchev–Trinajstić information content (AvgIpc) is 3.16. The van der Waals surface area contributed by atoms with Crippen molar-refractivity contribution in [2.75, 3.05) is 18.5 Å². The van der Waals surface area contributed by atoms with Crippen molar-refractivity contribution in [2.24, 2.45) is 0 Å². The van der Waals surface area contributed by atoms with Crippen LogP contribution < -0.4 is 10.2 Å². The van der Waals surface area contributed by atoms with Crippen LogP contribution in [0, 0.1) is 0 Å². The molecule has 2 aromatic rings. The normalized spacial score (nSPS) is 19.1. The van der Waals surface area contributed by atoms with Gasteiger partial charge in [0, 0.05) is 24.7 Å². The molecule has 1 aliphatic heterocycles. The highest BCUT2D eigenvalue weighted by atomic mass is 35.5. The van der Waals surface area contributed by atoms with Crippen molar-refractivity contribution in [3.8, 4) is 0 Å². The van der Waals surface area contributed by atoms with E-state index in [2.05, 4.69) is 15.5 Å². The third-order valence-electron chi connectivity index (χ3n) is 4.18. The number of anilines is 1. The first-order valence-corrected chi connectivity index (χ1v) is 8.51. The molecular formula is C16H18Cl2N4O2. The van der Waals surface area contributed by atoms with E-state index in [9.17, 15) is 4.79 Å². The molecule has 8 heteroatoms. The molecule has 0 aliphatic carbocycles. The summed E-state index contributed by atoms with van der Waals surface area (Å²) < 4.78 is 5.31. The Morgan fingerprint density at radius 2 is 2.21 bits per heavy atom. The number of nitrogens with one attached hydrogen (secondary N) is 1. The Morgan fingerprint density at radius 3 is 2.92 bits per heavy atom. The first-order valence-electron chi connectivity index (χ1n) is 7.75. The van der Waals surface area contributed by atoms with Gasteiger partial charge in [-0.1, -0.05) is 28.4 Å². The molecule has 0 radical (unpaired) electrons. The predicted octanol–water partition coefficient (Wildman–Crippen LogP) is 3.05. The minimum Gasteiger partial charge on any atom is -0.338 e. The van der Waals surface area contributed by atoms with Gasteiger partial charge >= 0.3 is 0 Å². The second-order valence-electron chi connectivity index (χ2n) is 5.87. The molecule has 2 atom stereocenters. The fourth-order valence-corrected chi connectivity index (χ4v) is 2.98. The van der Waals surface area contributed by atoms with Crippen LogP contribution in [0.1, 0.15) is 31.0 Å². The molecule has 0 saturated carbocycles. The Labute approximate surface area is 150 Å². The highest BCUT2D eigenvalue weighted by Crippen LogP contribution is 2.34.